The summed E-state index contributed by atoms with van der Waals surface area (Å²) in [7, 11) is 3.75. The molecule has 0 bridgehead atoms. The van der Waals surface area contributed by atoms with Gasteiger partial charge < -0.3 is 16.2 Å². The van der Waals surface area contributed by atoms with Gasteiger partial charge in [0.15, 0.2) is 0 Å². The highest BCUT2D eigenvalue weighted by Crippen LogP contribution is 2.30. The number of hydrazine groups is 2. The molecular formula is C24H24ClFN6O2. The maximum atomic E-state index is 15.0. The molecule has 0 saturated heterocycles. The predicted molar refractivity (Wildman–Crippen MR) is 129 cm³/mol. The molecule has 8 nitrogen and oxygen atoms in total. The summed E-state index contributed by atoms with van der Waals surface area (Å²) >= 11 is 6.00. The number of aliphatic hydroxyl groups excluding tert-OH is 1. The minimum atomic E-state index is -0.731. The quantitative estimate of drug-likeness (QED) is 0.427. The standard InChI is InChI=1S/C24H24ClFN6O2/c1-31-12-21(30-32(31)2)16-9-19(23(27)28-11-16)14-6-7-18(20(26)10-14)24(34)29-22(13-33)15-4-3-5-17(25)8-15/h3-12,22,30,33H,13H2,1-2H3,(H2,27,28)(H,29,34)/t22-/m1/s1. The van der Waals surface area contributed by atoms with Crippen molar-refractivity contribution in [2.45, 2.75) is 6.04 Å². The average Bonchev–Trinajstić information content (AvgIpc) is 3.15. The van der Waals surface area contributed by atoms with E-state index >= 15 is 4.39 Å². The van der Waals surface area contributed by atoms with Gasteiger partial charge in [0.05, 0.1) is 23.9 Å². The van der Waals surface area contributed by atoms with Crippen LogP contribution in [0.5, 0.6) is 0 Å². The van der Waals surface area contributed by atoms with Crippen molar-refractivity contribution < 1.29 is 14.3 Å². The van der Waals surface area contributed by atoms with E-state index in [1.54, 1.807) is 41.6 Å². The summed E-state index contributed by atoms with van der Waals surface area (Å²) < 4.78 is 15.0. The van der Waals surface area contributed by atoms with Crippen LogP contribution in [0.3, 0.4) is 0 Å². The van der Waals surface area contributed by atoms with Crippen LogP contribution in [0, 0.1) is 5.82 Å². The number of anilines is 1. The molecule has 2 aromatic carbocycles. The normalized spacial score (nSPS) is 14.5. The number of halogens is 2. The molecule has 0 aliphatic carbocycles. The van der Waals surface area contributed by atoms with Gasteiger partial charge in [-0.2, -0.15) is 0 Å². The van der Waals surface area contributed by atoms with E-state index < -0.39 is 17.8 Å². The molecule has 0 radical (unpaired) electrons. The van der Waals surface area contributed by atoms with Gasteiger partial charge in [0.2, 0.25) is 0 Å². The SMILES string of the molecule is CN1C=C(c2cnc(N)c(-c3ccc(C(=O)N[C@H](CO)c4cccc(Cl)c4)c(F)c3)c2)NN1C. The van der Waals surface area contributed by atoms with Crippen LogP contribution in [0.2, 0.25) is 5.02 Å². The maximum absolute atomic E-state index is 15.0. The van der Waals surface area contributed by atoms with E-state index in [0.717, 1.165) is 11.3 Å². The van der Waals surface area contributed by atoms with E-state index in [9.17, 15) is 9.90 Å². The van der Waals surface area contributed by atoms with Crippen molar-refractivity contribution in [3.8, 4) is 11.1 Å². The van der Waals surface area contributed by atoms with Crippen molar-refractivity contribution in [2.24, 2.45) is 0 Å². The summed E-state index contributed by atoms with van der Waals surface area (Å²) in [5.41, 5.74) is 12.3. The maximum Gasteiger partial charge on any atom is 0.254 e. The lowest BCUT2D eigenvalue weighted by Crippen LogP contribution is -2.35. The van der Waals surface area contributed by atoms with Gasteiger partial charge in [-0.1, -0.05) is 29.8 Å². The second-order valence-corrected chi connectivity index (χ2v) is 8.30. The number of aromatic nitrogens is 1. The van der Waals surface area contributed by atoms with Gasteiger partial charge >= 0.3 is 0 Å². The largest absolute Gasteiger partial charge is 0.394 e. The molecule has 3 aromatic rings. The summed E-state index contributed by atoms with van der Waals surface area (Å²) in [6, 6.07) is 12.1. The summed E-state index contributed by atoms with van der Waals surface area (Å²) in [6.45, 7) is -0.366. The number of rotatable bonds is 6. The monoisotopic (exact) mass is 482 g/mol. The Labute approximate surface area is 201 Å². The number of nitrogens with one attached hydrogen (secondary N) is 2. The topological polar surface area (TPSA) is 107 Å². The minimum absolute atomic E-state index is 0.157. The van der Waals surface area contributed by atoms with Crippen LogP contribution < -0.4 is 16.5 Å². The van der Waals surface area contributed by atoms with Crippen LogP contribution in [-0.2, 0) is 0 Å². The van der Waals surface area contributed by atoms with Gasteiger partial charge in [-0.25, -0.2) is 9.37 Å². The molecule has 10 heteroatoms. The number of carbonyl (C=O) groups is 1. The number of nitrogens with two attached hydrogens (primary N) is 1. The number of nitrogens with zero attached hydrogens (tertiary/aromatic N) is 3. The summed E-state index contributed by atoms with van der Waals surface area (Å²) in [5.74, 6) is -1.14. The third kappa shape index (κ3) is 4.81. The van der Waals surface area contributed by atoms with Crippen LogP contribution in [0.15, 0.2) is 60.9 Å². The van der Waals surface area contributed by atoms with E-state index in [1.807, 2.05) is 31.4 Å². The number of nitrogen functional groups attached to an aromatic ring is 1. The molecule has 1 atom stereocenters. The lowest BCUT2D eigenvalue weighted by atomic mass is 10.0. The van der Waals surface area contributed by atoms with E-state index in [1.165, 1.54) is 12.1 Å². The third-order valence-electron chi connectivity index (χ3n) is 5.56. The summed E-state index contributed by atoms with van der Waals surface area (Å²) in [6.07, 6.45) is 3.52. The number of benzene rings is 2. The van der Waals surface area contributed by atoms with Crippen LogP contribution in [0.25, 0.3) is 16.8 Å². The Balaban J connectivity index is 1.58. The molecule has 1 amide bonds. The van der Waals surface area contributed by atoms with Gasteiger partial charge in [0.25, 0.3) is 5.91 Å². The Bertz CT molecular complexity index is 1270. The molecule has 1 aliphatic heterocycles. The molecule has 0 saturated carbocycles. The molecule has 1 aromatic heterocycles. The minimum Gasteiger partial charge on any atom is -0.394 e. The van der Waals surface area contributed by atoms with E-state index in [2.05, 4.69) is 15.7 Å². The number of pyridine rings is 1. The molecule has 0 spiro atoms. The Morgan fingerprint density at radius 1 is 1.24 bits per heavy atom. The molecule has 176 valence electrons. The number of hydrogen-bond donors (Lipinski definition) is 4. The zero-order chi connectivity index (χ0) is 24.4. The Kier molecular flexibility index (Phi) is 6.69. The number of hydrogen-bond acceptors (Lipinski definition) is 7. The van der Waals surface area contributed by atoms with Crippen molar-refractivity contribution in [1.29, 1.82) is 0 Å². The fourth-order valence-corrected chi connectivity index (χ4v) is 3.81. The highest BCUT2D eigenvalue weighted by Gasteiger charge is 2.20. The van der Waals surface area contributed by atoms with Crippen molar-refractivity contribution >= 4 is 29.0 Å². The van der Waals surface area contributed by atoms with Crippen molar-refractivity contribution in [2.75, 3.05) is 26.4 Å². The van der Waals surface area contributed by atoms with Crippen molar-refractivity contribution in [3.05, 3.63) is 88.5 Å². The zero-order valence-electron chi connectivity index (χ0n) is 18.6. The highest BCUT2D eigenvalue weighted by atomic mass is 35.5. The molecule has 0 unspecified atom stereocenters. The van der Waals surface area contributed by atoms with Crippen LogP contribution in [-0.4, -0.2) is 46.8 Å². The molecule has 2 heterocycles. The number of carbonyl (C=O) groups excluding carboxylic acids is 1. The average molecular weight is 483 g/mol. The molecule has 0 fully saturated rings. The van der Waals surface area contributed by atoms with Gasteiger partial charge in [-0.15, -0.1) is 5.12 Å². The fraction of sp³-hybridized carbons (Fsp3) is 0.167. The third-order valence-corrected chi connectivity index (χ3v) is 5.80. The number of amides is 1. The second kappa shape index (κ2) is 9.68. The van der Waals surface area contributed by atoms with Gasteiger partial charge in [0, 0.05) is 42.6 Å². The molecule has 1 aliphatic rings. The van der Waals surface area contributed by atoms with E-state index in [-0.39, 0.29) is 18.0 Å². The highest BCUT2D eigenvalue weighted by molar-refractivity contribution is 6.30. The summed E-state index contributed by atoms with van der Waals surface area (Å²) in [5, 5.41) is 16.5. The lowest BCUT2D eigenvalue weighted by Gasteiger charge is -2.19. The van der Waals surface area contributed by atoms with Gasteiger partial charge in [-0.05, 0) is 41.5 Å². The molecular weight excluding hydrogens is 459 g/mol. The molecule has 34 heavy (non-hydrogen) atoms. The Morgan fingerprint density at radius 3 is 2.68 bits per heavy atom. The first kappa shape index (κ1) is 23.5. The van der Waals surface area contributed by atoms with Crippen LogP contribution in [0.1, 0.15) is 27.5 Å². The zero-order valence-corrected chi connectivity index (χ0v) is 19.3. The van der Waals surface area contributed by atoms with Crippen LogP contribution >= 0.6 is 11.6 Å². The van der Waals surface area contributed by atoms with E-state index in [0.29, 0.717) is 21.7 Å². The van der Waals surface area contributed by atoms with Gasteiger partial charge in [0.1, 0.15) is 11.6 Å². The van der Waals surface area contributed by atoms with Crippen molar-refractivity contribution in [3.63, 3.8) is 0 Å². The van der Waals surface area contributed by atoms with Crippen LogP contribution in [0.4, 0.5) is 10.2 Å². The first-order valence-corrected chi connectivity index (χ1v) is 10.8. The first-order valence-electron chi connectivity index (χ1n) is 10.4. The first-order chi connectivity index (χ1) is 16.3. The molecule has 4 rings (SSSR count). The van der Waals surface area contributed by atoms with E-state index in [4.69, 9.17) is 17.3 Å². The predicted octanol–water partition coefficient (Wildman–Crippen LogP) is 3.18. The van der Waals surface area contributed by atoms with Gasteiger partial charge in [-0.3, -0.25) is 15.2 Å². The van der Waals surface area contributed by atoms with Crippen molar-refractivity contribution in [1.82, 2.24) is 25.9 Å². The molecule has 5 N–H and O–H groups in total. The fourth-order valence-electron chi connectivity index (χ4n) is 3.61. The number of aliphatic hydroxyl groups is 1. The lowest BCUT2D eigenvalue weighted by molar-refractivity contribution is 0.0670. The smallest absolute Gasteiger partial charge is 0.254 e. The Hall–Kier alpha value is -3.66. The second-order valence-electron chi connectivity index (χ2n) is 7.87. The Morgan fingerprint density at radius 2 is 2.03 bits per heavy atom. The summed E-state index contributed by atoms with van der Waals surface area (Å²) in [4.78, 5) is 17.0.